The lowest BCUT2D eigenvalue weighted by molar-refractivity contribution is -0.123. The van der Waals surface area contributed by atoms with Crippen molar-refractivity contribution >= 4 is 23.6 Å². The third-order valence-corrected chi connectivity index (χ3v) is 4.34. The maximum atomic E-state index is 12.1. The van der Waals surface area contributed by atoms with Crippen LogP contribution in [0, 0.1) is 13.8 Å². The molecule has 172 valence electrons. The highest BCUT2D eigenvalue weighted by Gasteiger charge is 2.16. The molecule has 0 saturated heterocycles. The number of benzene rings is 2. The van der Waals surface area contributed by atoms with Gasteiger partial charge in [0.15, 0.2) is 6.61 Å². The topological polar surface area (TPSA) is 106 Å². The molecule has 3 amide bonds. The number of anilines is 1. The summed E-state index contributed by atoms with van der Waals surface area (Å²) in [6.45, 7) is 9.21. The van der Waals surface area contributed by atoms with Gasteiger partial charge >= 0.3 is 6.09 Å². The van der Waals surface area contributed by atoms with E-state index >= 15 is 0 Å². The molecule has 8 nitrogen and oxygen atoms in total. The van der Waals surface area contributed by atoms with E-state index in [1.54, 1.807) is 39.0 Å². The molecule has 2 aromatic carbocycles. The van der Waals surface area contributed by atoms with Gasteiger partial charge in [-0.1, -0.05) is 18.2 Å². The van der Waals surface area contributed by atoms with Crippen molar-refractivity contribution < 1.29 is 23.9 Å². The summed E-state index contributed by atoms with van der Waals surface area (Å²) in [4.78, 5) is 35.8. The number of carbonyl (C=O) groups is 3. The summed E-state index contributed by atoms with van der Waals surface area (Å²) in [5.74, 6) is 0.00557. The van der Waals surface area contributed by atoms with E-state index in [1.165, 1.54) is 0 Å². The molecule has 0 aliphatic carbocycles. The predicted molar refractivity (Wildman–Crippen MR) is 123 cm³/mol. The third-order valence-electron chi connectivity index (χ3n) is 4.34. The van der Waals surface area contributed by atoms with E-state index in [2.05, 4.69) is 16.0 Å². The van der Waals surface area contributed by atoms with Crippen LogP contribution in [0.3, 0.4) is 0 Å². The molecule has 2 aromatic rings. The van der Waals surface area contributed by atoms with Crippen molar-refractivity contribution in [1.29, 1.82) is 0 Å². The smallest absolute Gasteiger partial charge is 0.408 e. The molecule has 0 unspecified atom stereocenters. The van der Waals surface area contributed by atoms with E-state index < -0.39 is 11.7 Å². The molecule has 32 heavy (non-hydrogen) atoms. The van der Waals surface area contributed by atoms with Crippen LogP contribution in [0.2, 0.25) is 0 Å². The van der Waals surface area contributed by atoms with Crippen molar-refractivity contribution in [1.82, 2.24) is 10.6 Å². The summed E-state index contributed by atoms with van der Waals surface area (Å²) < 4.78 is 10.6. The number of hydrogen-bond donors (Lipinski definition) is 3. The Morgan fingerprint density at radius 2 is 1.66 bits per heavy atom. The number of carbonyl (C=O) groups excluding carboxylic acids is 3. The van der Waals surface area contributed by atoms with Gasteiger partial charge in [0, 0.05) is 12.2 Å². The molecule has 0 radical (unpaired) electrons. The van der Waals surface area contributed by atoms with Crippen LogP contribution in [-0.2, 0) is 20.9 Å². The maximum absolute atomic E-state index is 12.1. The van der Waals surface area contributed by atoms with Crippen molar-refractivity contribution in [2.75, 3.05) is 18.5 Å². The minimum absolute atomic E-state index is 0.0880. The highest BCUT2D eigenvalue weighted by molar-refractivity contribution is 5.93. The van der Waals surface area contributed by atoms with Crippen molar-refractivity contribution in [3.8, 4) is 5.75 Å². The molecule has 0 atom stereocenters. The van der Waals surface area contributed by atoms with Gasteiger partial charge in [-0.05, 0) is 75.6 Å². The molecule has 3 N–H and O–H groups in total. The van der Waals surface area contributed by atoms with Gasteiger partial charge in [-0.25, -0.2) is 4.79 Å². The Balaban J connectivity index is 1.77. The number of ether oxygens (including phenoxy) is 2. The van der Waals surface area contributed by atoms with Gasteiger partial charge in [0.2, 0.25) is 5.91 Å². The van der Waals surface area contributed by atoms with Crippen LogP contribution in [0.5, 0.6) is 5.75 Å². The Kier molecular flexibility index (Phi) is 8.63. The largest absolute Gasteiger partial charge is 0.484 e. The minimum Gasteiger partial charge on any atom is -0.484 e. The number of rotatable bonds is 8. The van der Waals surface area contributed by atoms with Gasteiger partial charge in [-0.3, -0.25) is 9.59 Å². The van der Waals surface area contributed by atoms with Crippen molar-refractivity contribution in [2.45, 2.75) is 46.8 Å². The zero-order valence-electron chi connectivity index (χ0n) is 19.2. The molecule has 0 aliphatic rings. The monoisotopic (exact) mass is 441 g/mol. The molecular weight excluding hydrogens is 410 g/mol. The summed E-state index contributed by atoms with van der Waals surface area (Å²) in [6, 6.07) is 12.7. The SMILES string of the molecule is Cc1ccc(OCC(=O)NCc2cccc(NC(=O)CNC(=O)OC(C)(C)C)c2)cc1C. The summed E-state index contributed by atoms with van der Waals surface area (Å²) >= 11 is 0. The fourth-order valence-corrected chi connectivity index (χ4v) is 2.64. The Morgan fingerprint density at radius 3 is 2.34 bits per heavy atom. The zero-order valence-corrected chi connectivity index (χ0v) is 19.2. The lowest BCUT2D eigenvalue weighted by Crippen LogP contribution is -2.37. The molecule has 0 aliphatic heterocycles. The molecule has 0 heterocycles. The molecule has 0 aromatic heterocycles. The first-order valence-electron chi connectivity index (χ1n) is 10.3. The van der Waals surface area contributed by atoms with Crippen LogP contribution in [0.1, 0.15) is 37.5 Å². The quantitative estimate of drug-likeness (QED) is 0.582. The van der Waals surface area contributed by atoms with Gasteiger partial charge in [-0.15, -0.1) is 0 Å². The van der Waals surface area contributed by atoms with Gasteiger partial charge in [0.05, 0.1) is 0 Å². The summed E-state index contributed by atoms with van der Waals surface area (Å²) in [5.41, 5.74) is 2.99. The van der Waals surface area contributed by atoms with Crippen LogP contribution in [0.25, 0.3) is 0 Å². The number of alkyl carbamates (subject to hydrolysis) is 1. The number of amides is 3. The average molecular weight is 442 g/mol. The summed E-state index contributed by atoms with van der Waals surface area (Å²) in [6.07, 6.45) is -0.660. The van der Waals surface area contributed by atoms with Gasteiger partial charge in [0.1, 0.15) is 17.9 Å². The van der Waals surface area contributed by atoms with Crippen molar-refractivity contribution in [3.05, 3.63) is 59.2 Å². The van der Waals surface area contributed by atoms with Crippen molar-refractivity contribution in [3.63, 3.8) is 0 Å². The second kappa shape index (κ2) is 11.2. The van der Waals surface area contributed by atoms with Crippen LogP contribution in [0.4, 0.5) is 10.5 Å². The molecule has 0 bridgehead atoms. The minimum atomic E-state index is -0.660. The van der Waals surface area contributed by atoms with Gasteiger partial charge in [0.25, 0.3) is 5.91 Å². The van der Waals surface area contributed by atoms with E-state index in [0.717, 1.165) is 16.7 Å². The van der Waals surface area contributed by atoms with E-state index in [9.17, 15) is 14.4 Å². The predicted octanol–water partition coefficient (Wildman–Crippen LogP) is 3.46. The first-order chi connectivity index (χ1) is 15.0. The highest BCUT2D eigenvalue weighted by Crippen LogP contribution is 2.16. The Morgan fingerprint density at radius 1 is 0.906 bits per heavy atom. The van der Waals surface area contributed by atoms with E-state index in [0.29, 0.717) is 11.4 Å². The maximum Gasteiger partial charge on any atom is 0.408 e. The van der Waals surface area contributed by atoms with Gasteiger partial charge in [-0.2, -0.15) is 0 Å². The molecule has 0 fully saturated rings. The highest BCUT2D eigenvalue weighted by atomic mass is 16.6. The van der Waals surface area contributed by atoms with Crippen molar-refractivity contribution in [2.24, 2.45) is 0 Å². The Bertz CT molecular complexity index is 966. The van der Waals surface area contributed by atoms with Crippen LogP contribution in [0.15, 0.2) is 42.5 Å². The van der Waals surface area contributed by atoms with Crippen LogP contribution >= 0.6 is 0 Å². The van der Waals surface area contributed by atoms with Crippen LogP contribution < -0.4 is 20.7 Å². The lowest BCUT2D eigenvalue weighted by Gasteiger charge is -2.19. The Hall–Kier alpha value is -3.55. The van der Waals surface area contributed by atoms with Gasteiger partial charge < -0.3 is 25.4 Å². The number of aryl methyl sites for hydroxylation is 2. The lowest BCUT2D eigenvalue weighted by atomic mass is 10.1. The first kappa shape index (κ1) is 24.7. The first-order valence-corrected chi connectivity index (χ1v) is 10.3. The summed E-state index contributed by atoms with van der Waals surface area (Å²) in [5, 5.41) is 7.89. The number of hydrogen-bond acceptors (Lipinski definition) is 5. The fourth-order valence-electron chi connectivity index (χ4n) is 2.64. The fraction of sp³-hybridized carbons (Fsp3) is 0.375. The zero-order chi connectivity index (χ0) is 23.7. The summed E-state index contributed by atoms with van der Waals surface area (Å²) in [7, 11) is 0. The molecule has 0 spiro atoms. The molecule has 2 rings (SSSR count). The second-order valence-corrected chi connectivity index (χ2v) is 8.42. The molecule has 0 saturated carbocycles. The Labute approximate surface area is 188 Å². The van der Waals surface area contributed by atoms with Crippen LogP contribution in [-0.4, -0.2) is 36.7 Å². The standard InChI is InChI=1S/C24H31N3O5/c1-16-9-10-20(11-17(16)2)31-15-22(29)25-13-18-7-6-8-19(12-18)27-21(28)14-26-23(30)32-24(3,4)5/h6-12H,13-15H2,1-5H3,(H,25,29)(H,26,30)(H,27,28). The van der Waals surface area contributed by atoms with E-state index in [1.807, 2.05) is 38.1 Å². The average Bonchev–Trinajstić information content (AvgIpc) is 2.70. The van der Waals surface area contributed by atoms with E-state index in [4.69, 9.17) is 9.47 Å². The second-order valence-electron chi connectivity index (χ2n) is 8.42. The molecular formula is C24H31N3O5. The number of nitrogens with one attached hydrogen (secondary N) is 3. The third kappa shape index (κ3) is 9.07. The van der Waals surface area contributed by atoms with E-state index in [-0.39, 0.29) is 31.5 Å². The molecule has 8 heteroatoms. The normalized spacial score (nSPS) is 10.8.